The van der Waals surface area contributed by atoms with Crippen LogP contribution in [-0.2, 0) is 4.79 Å². The van der Waals surface area contributed by atoms with Gasteiger partial charge in [0, 0.05) is 23.7 Å². The molecule has 1 fully saturated rings. The highest BCUT2D eigenvalue weighted by atomic mass is 16.2. The van der Waals surface area contributed by atoms with E-state index in [4.69, 9.17) is 0 Å². The molecule has 3 rings (SSSR count). The second kappa shape index (κ2) is 9.31. The van der Waals surface area contributed by atoms with Crippen molar-refractivity contribution in [2.24, 2.45) is 0 Å². The van der Waals surface area contributed by atoms with Crippen molar-refractivity contribution in [1.29, 1.82) is 0 Å². The van der Waals surface area contributed by atoms with Crippen LogP contribution in [0.4, 0.5) is 0 Å². The summed E-state index contributed by atoms with van der Waals surface area (Å²) in [7, 11) is 0. The van der Waals surface area contributed by atoms with Crippen molar-refractivity contribution >= 4 is 11.8 Å². The lowest BCUT2D eigenvalue weighted by atomic mass is 10.1. The Kier molecular flexibility index (Phi) is 6.58. The number of nitrogens with zero attached hydrogens (tertiary/aromatic N) is 1. The Bertz CT molecular complexity index is 861. The number of rotatable bonds is 6. The Morgan fingerprint density at radius 1 is 1.04 bits per heavy atom. The molecule has 2 N–H and O–H groups in total. The summed E-state index contributed by atoms with van der Waals surface area (Å²) in [5, 5.41) is 6.10. The molecular formula is C23H27N3O2. The molecule has 2 amide bonds. The highest BCUT2D eigenvalue weighted by Crippen LogP contribution is 2.21. The fourth-order valence-electron chi connectivity index (χ4n) is 3.43. The van der Waals surface area contributed by atoms with Crippen molar-refractivity contribution in [2.75, 3.05) is 0 Å². The van der Waals surface area contributed by atoms with E-state index < -0.39 is 0 Å². The summed E-state index contributed by atoms with van der Waals surface area (Å²) in [6, 6.07) is 15.1. The predicted octanol–water partition coefficient (Wildman–Crippen LogP) is 3.87. The number of hydrogen-bond donors (Lipinski definition) is 2. The molecule has 28 heavy (non-hydrogen) atoms. The third kappa shape index (κ3) is 5.06. The SMILES string of the molecule is CC/C(C)=C/C(=O)N[C@@H]1CCC[C@H]1NC(=O)c1cccc(-c2ccccc2)n1. The quantitative estimate of drug-likeness (QED) is 0.751. The highest BCUT2D eigenvalue weighted by Gasteiger charge is 2.30. The zero-order valence-corrected chi connectivity index (χ0v) is 16.4. The van der Waals surface area contributed by atoms with Crippen molar-refractivity contribution in [3.63, 3.8) is 0 Å². The summed E-state index contributed by atoms with van der Waals surface area (Å²) in [5.41, 5.74) is 3.17. The molecule has 5 heteroatoms. The van der Waals surface area contributed by atoms with Crippen LogP contribution in [0.2, 0.25) is 0 Å². The van der Waals surface area contributed by atoms with Gasteiger partial charge in [0.2, 0.25) is 5.91 Å². The predicted molar refractivity (Wildman–Crippen MR) is 111 cm³/mol. The lowest BCUT2D eigenvalue weighted by Crippen LogP contribution is -2.48. The summed E-state index contributed by atoms with van der Waals surface area (Å²) in [6.45, 7) is 3.97. The van der Waals surface area contributed by atoms with Gasteiger partial charge >= 0.3 is 0 Å². The van der Waals surface area contributed by atoms with Gasteiger partial charge in [-0.15, -0.1) is 0 Å². The van der Waals surface area contributed by atoms with Gasteiger partial charge in [-0.3, -0.25) is 9.59 Å². The van der Waals surface area contributed by atoms with E-state index in [1.54, 1.807) is 12.1 Å². The first-order chi connectivity index (χ1) is 13.6. The molecular weight excluding hydrogens is 350 g/mol. The first kappa shape index (κ1) is 19.8. The number of carbonyl (C=O) groups excluding carboxylic acids is 2. The third-order valence-electron chi connectivity index (χ3n) is 5.15. The molecule has 1 heterocycles. The maximum absolute atomic E-state index is 12.7. The standard InChI is InChI=1S/C23H27N3O2/c1-3-16(2)15-22(27)25-19-12-8-13-20(19)26-23(28)21-14-7-11-18(24-21)17-9-5-4-6-10-17/h4-7,9-11,14-15,19-20H,3,8,12-13H2,1-2H3,(H,25,27)(H,26,28)/b16-15+/t19-,20-/m1/s1. The second-order valence-corrected chi connectivity index (χ2v) is 7.24. The van der Waals surface area contributed by atoms with Crippen LogP contribution in [0.1, 0.15) is 50.0 Å². The van der Waals surface area contributed by atoms with Crippen molar-refractivity contribution < 1.29 is 9.59 Å². The van der Waals surface area contributed by atoms with Crippen molar-refractivity contribution in [3.8, 4) is 11.3 Å². The molecule has 2 aromatic rings. The maximum Gasteiger partial charge on any atom is 0.270 e. The van der Waals surface area contributed by atoms with E-state index in [1.165, 1.54) is 0 Å². The minimum Gasteiger partial charge on any atom is -0.348 e. The number of pyridine rings is 1. The van der Waals surface area contributed by atoms with E-state index in [9.17, 15) is 9.59 Å². The van der Waals surface area contributed by atoms with Crippen LogP contribution in [0.3, 0.4) is 0 Å². The highest BCUT2D eigenvalue weighted by molar-refractivity contribution is 5.93. The first-order valence-electron chi connectivity index (χ1n) is 9.88. The lowest BCUT2D eigenvalue weighted by molar-refractivity contribution is -0.117. The van der Waals surface area contributed by atoms with Crippen LogP contribution in [0.15, 0.2) is 60.2 Å². The van der Waals surface area contributed by atoms with Crippen molar-refractivity contribution in [3.05, 3.63) is 65.9 Å². The minimum absolute atomic E-state index is 0.0466. The first-order valence-corrected chi connectivity index (χ1v) is 9.88. The van der Waals surface area contributed by atoms with Crippen LogP contribution >= 0.6 is 0 Å². The number of hydrogen-bond acceptors (Lipinski definition) is 3. The average molecular weight is 377 g/mol. The zero-order chi connectivity index (χ0) is 19.9. The molecule has 1 aliphatic carbocycles. The summed E-state index contributed by atoms with van der Waals surface area (Å²) in [4.78, 5) is 29.4. The van der Waals surface area contributed by atoms with E-state index in [-0.39, 0.29) is 23.9 Å². The molecule has 1 saturated carbocycles. The van der Waals surface area contributed by atoms with E-state index in [1.807, 2.05) is 56.3 Å². The van der Waals surface area contributed by atoms with Gasteiger partial charge in [0.25, 0.3) is 5.91 Å². The van der Waals surface area contributed by atoms with E-state index in [2.05, 4.69) is 15.6 Å². The number of carbonyl (C=O) groups is 2. The fraction of sp³-hybridized carbons (Fsp3) is 0.348. The van der Waals surface area contributed by atoms with Crippen LogP contribution < -0.4 is 10.6 Å². The van der Waals surface area contributed by atoms with Crippen LogP contribution in [0.25, 0.3) is 11.3 Å². The summed E-state index contributed by atoms with van der Waals surface area (Å²) in [6.07, 6.45) is 5.19. The molecule has 0 bridgehead atoms. The van der Waals surface area contributed by atoms with Crippen LogP contribution in [0.5, 0.6) is 0 Å². The van der Waals surface area contributed by atoms with Gasteiger partial charge in [0.15, 0.2) is 0 Å². The van der Waals surface area contributed by atoms with E-state index >= 15 is 0 Å². The number of allylic oxidation sites excluding steroid dienone is 1. The monoisotopic (exact) mass is 377 g/mol. The Balaban J connectivity index is 1.66. The van der Waals surface area contributed by atoms with Gasteiger partial charge in [-0.05, 0) is 44.7 Å². The van der Waals surface area contributed by atoms with E-state index in [0.717, 1.165) is 42.5 Å². The minimum atomic E-state index is -0.204. The molecule has 5 nitrogen and oxygen atoms in total. The molecule has 1 aliphatic rings. The van der Waals surface area contributed by atoms with Gasteiger partial charge in [-0.25, -0.2) is 4.98 Å². The molecule has 0 radical (unpaired) electrons. The maximum atomic E-state index is 12.7. The summed E-state index contributed by atoms with van der Waals surface area (Å²) < 4.78 is 0. The van der Waals surface area contributed by atoms with Gasteiger partial charge in [0.1, 0.15) is 5.69 Å². The molecule has 146 valence electrons. The topological polar surface area (TPSA) is 71.1 Å². The number of amides is 2. The third-order valence-corrected chi connectivity index (χ3v) is 5.15. The van der Waals surface area contributed by atoms with Gasteiger partial charge in [-0.2, -0.15) is 0 Å². The largest absolute Gasteiger partial charge is 0.348 e. The lowest BCUT2D eigenvalue weighted by Gasteiger charge is -2.21. The van der Waals surface area contributed by atoms with Crippen LogP contribution in [0, 0.1) is 0 Å². The normalized spacial score (nSPS) is 19.3. The zero-order valence-electron chi connectivity index (χ0n) is 16.4. The molecule has 0 unspecified atom stereocenters. The van der Waals surface area contributed by atoms with Crippen molar-refractivity contribution in [2.45, 2.75) is 51.6 Å². The molecule has 1 aromatic heterocycles. The average Bonchev–Trinajstić information content (AvgIpc) is 3.14. The number of nitrogens with one attached hydrogen (secondary N) is 2. The van der Waals surface area contributed by atoms with Gasteiger partial charge in [0.05, 0.1) is 5.69 Å². The molecule has 0 spiro atoms. The Hall–Kier alpha value is -2.95. The number of benzene rings is 1. The summed E-state index contributed by atoms with van der Waals surface area (Å²) >= 11 is 0. The molecule has 0 aliphatic heterocycles. The van der Waals surface area contributed by atoms with Crippen molar-refractivity contribution in [1.82, 2.24) is 15.6 Å². The summed E-state index contributed by atoms with van der Waals surface area (Å²) in [5.74, 6) is -0.293. The Morgan fingerprint density at radius 3 is 2.46 bits per heavy atom. The Morgan fingerprint density at radius 2 is 1.75 bits per heavy atom. The van der Waals surface area contributed by atoms with Gasteiger partial charge < -0.3 is 10.6 Å². The number of aromatic nitrogens is 1. The van der Waals surface area contributed by atoms with Gasteiger partial charge in [-0.1, -0.05) is 48.9 Å². The molecule has 0 saturated heterocycles. The molecule has 1 aromatic carbocycles. The fourth-order valence-corrected chi connectivity index (χ4v) is 3.43. The second-order valence-electron chi connectivity index (χ2n) is 7.24. The smallest absolute Gasteiger partial charge is 0.270 e. The van der Waals surface area contributed by atoms with Crippen LogP contribution in [-0.4, -0.2) is 28.9 Å². The molecule has 2 atom stereocenters. The Labute approximate surface area is 166 Å². The van der Waals surface area contributed by atoms with E-state index in [0.29, 0.717) is 5.69 Å².